The van der Waals surface area contributed by atoms with Crippen molar-refractivity contribution in [2.45, 2.75) is 6.92 Å². The van der Waals surface area contributed by atoms with Crippen molar-refractivity contribution in [3.63, 3.8) is 0 Å². The number of amides is 3. The Morgan fingerprint density at radius 2 is 1.64 bits per heavy atom. The SMILES string of the molecule is Cc1ccc(NC(=O)COc2ccc3ccccc3c2C=C2C(=O)NN(c3ccccc3)C2=O)cc1. The van der Waals surface area contributed by atoms with E-state index < -0.39 is 11.8 Å². The number of hydrazine groups is 1. The van der Waals surface area contributed by atoms with Crippen LogP contribution < -0.4 is 20.5 Å². The van der Waals surface area contributed by atoms with Gasteiger partial charge in [-0.05, 0) is 54.1 Å². The molecule has 2 N–H and O–H groups in total. The van der Waals surface area contributed by atoms with Crippen LogP contribution >= 0.6 is 0 Å². The molecule has 4 aromatic rings. The fourth-order valence-electron chi connectivity index (χ4n) is 3.99. The van der Waals surface area contributed by atoms with Gasteiger partial charge in [-0.2, -0.15) is 0 Å². The number of benzene rings is 4. The van der Waals surface area contributed by atoms with E-state index in [0.29, 0.717) is 22.7 Å². The maximum atomic E-state index is 13.1. The molecule has 0 radical (unpaired) electrons. The quantitative estimate of drug-likeness (QED) is 0.313. The Hall–Kier alpha value is -4.91. The van der Waals surface area contributed by atoms with Gasteiger partial charge in [0, 0.05) is 11.3 Å². The molecule has 36 heavy (non-hydrogen) atoms. The highest BCUT2D eigenvalue weighted by atomic mass is 16.5. The maximum absolute atomic E-state index is 13.1. The van der Waals surface area contributed by atoms with Crippen molar-refractivity contribution >= 4 is 45.9 Å². The predicted octanol–water partition coefficient (Wildman–Crippen LogP) is 4.63. The summed E-state index contributed by atoms with van der Waals surface area (Å²) in [4.78, 5) is 38.4. The lowest BCUT2D eigenvalue weighted by atomic mass is 10.0. The molecule has 1 saturated heterocycles. The topological polar surface area (TPSA) is 87.7 Å². The van der Waals surface area contributed by atoms with Crippen LogP contribution in [0.1, 0.15) is 11.1 Å². The zero-order valence-corrected chi connectivity index (χ0v) is 19.5. The van der Waals surface area contributed by atoms with Crippen molar-refractivity contribution in [3.8, 4) is 5.75 Å². The van der Waals surface area contributed by atoms with E-state index in [1.165, 1.54) is 11.1 Å². The number of carbonyl (C=O) groups excluding carboxylic acids is 3. The summed E-state index contributed by atoms with van der Waals surface area (Å²) < 4.78 is 5.88. The van der Waals surface area contributed by atoms with Gasteiger partial charge in [-0.15, -0.1) is 0 Å². The molecular weight excluding hydrogens is 454 g/mol. The van der Waals surface area contributed by atoms with E-state index in [-0.39, 0.29) is 18.1 Å². The number of fused-ring (bicyclic) bond motifs is 1. The molecule has 5 rings (SSSR count). The zero-order valence-electron chi connectivity index (χ0n) is 19.5. The Balaban J connectivity index is 1.44. The molecule has 4 aromatic carbocycles. The molecule has 7 heteroatoms. The second kappa shape index (κ2) is 9.76. The largest absolute Gasteiger partial charge is 0.483 e. The summed E-state index contributed by atoms with van der Waals surface area (Å²) in [5.74, 6) is -0.920. The number of nitrogens with one attached hydrogen (secondary N) is 2. The summed E-state index contributed by atoms with van der Waals surface area (Å²) in [7, 11) is 0. The van der Waals surface area contributed by atoms with E-state index in [0.717, 1.165) is 16.3 Å². The minimum Gasteiger partial charge on any atom is -0.483 e. The first kappa shape index (κ1) is 22.9. The molecule has 0 unspecified atom stereocenters. The minimum absolute atomic E-state index is 0.0239. The molecule has 0 aromatic heterocycles. The third kappa shape index (κ3) is 4.67. The first-order chi connectivity index (χ1) is 17.5. The first-order valence-corrected chi connectivity index (χ1v) is 11.4. The van der Waals surface area contributed by atoms with Crippen molar-refractivity contribution in [2.75, 3.05) is 16.9 Å². The summed E-state index contributed by atoms with van der Waals surface area (Å²) in [6.07, 6.45) is 1.52. The minimum atomic E-state index is -0.514. The van der Waals surface area contributed by atoms with Crippen LogP contribution in [0.3, 0.4) is 0 Å². The van der Waals surface area contributed by atoms with Crippen molar-refractivity contribution in [3.05, 3.63) is 108 Å². The highest BCUT2D eigenvalue weighted by Gasteiger charge is 2.34. The zero-order chi connectivity index (χ0) is 25.1. The molecule has 3 amide bonds. The Bertz CT molecular complexity index is 1490. The number of carbonyl (C=O) groups is 3. The van der Waals surface area contributed by atoms with Crippen LogP contribution in [0.15, 0.2) is 96.6 Å². The van der Waals surface area contributed by atoms with Crippen LogP contribution in [-0.4, -0.2) is 24.3 Å². The van der Waals surface area contributed by atoms with Gasteiger partial charge in [-0.3, -0.25) is 19.8 Å². The number of nitrogens with zero attached hydrogens (tertiary/aromatic N) is 1. The average molecular weight is 478 g/mol. The lowest BCUT2D eigenvalue weighted by Crippen LogP contribution is -2.35. The average Bonchev–Trinajstić information content (AvgIpc) is 3.18. The molecular formula is C29H23N3O4. The van der Waals surface area contributed by atoms with E-state index in [1.54, 1.807) is 30.3 Å². The van der Waals surface area contributed by atoms with Crippen LogP contribution in [-0.2, 0) is 14.4 Å². The maximum Gasteiger partial charge on any atom is 0.282 e. The van der Waals surface area contributed by atoms with Crippen molar-refractivity contribution < 1.29 is 19.1 Å². The van der Waals surface area contributed by atoms with E-state index >= 15 is 0 Å². The highest BCUT2D eigenvalue weighted by Crippen LogP contribution is 2.32. The Labute approximate surface area is 208 Å². The summed E-state index contributed by atoms with van der Waals surface area (Å²) in [5.41, 5.74) is 5.45. The summed E-state index contributed by atoms with van der Waals surface area (Å²) in [6, 6.07) is 27.5. The molecule has 0 bridgehead atoms. The van der Waals surface area contributed by atoms with Gasteiger partial charge in [0.15, 0.2) is 6.61 Å². The normalized spacial score (nSPS) is 14.2. The van der Waals surface area contributed by atoms with Crippen molar-refractivity contribution in [1.29, 1.82) is 0 Å². The predicted molar refractivity (Wildman–Crippen MR) is 139 cm³/mol. The molecule has 0 spiro atoms. The third-order valence-corrected chi connectivity index (χ3v) is 5.82. The molecule has 7 nitrogen and oxygen atoms in total. The number of anilines is 2. The molecule has 0 atom stereocenters. The Morgan fingerprint density at radius 3 is 2.42 bits per heavy atom. The van der Waals surface area contributed by atoms with Crippen LogP contribution in [0.4, 0.5) is 11.4 Å². The molecule has 178 valence electrons. The summed E-state index contributed by atoms with van der Waals surface area (Å²) in [6.45, 7) is 1.73. The summed E-state index contributed by atoms with van der Waals surface area (Å²) in [5, 5.41) is 5.72. The standard InChI is InChI=1S/C29H23N3O4/c1-19-11-14-21(15-12-19)30-27(33)18-36-26-16-13-20-7-5-6-10-23(20)24(26)17-25-28(34)31-32(29(25)35)22-8-3-2-4-9-22/h2-17H,18H2,1H3,(H,30,33)(H,31,34). The lowest BCUT2D eigenvalue weighted by Gasteiger charge is -2.14. The highest BCUT2D eigenvalue weighted by molar-refractivity contribution is 6.32. The van der Waals surface area contributed by atoms with Crippen LogP contribution in [0.2, 0.25) is 0 Å². The summed E-state index contributed by atoms with van der Waals surface area (Å²) >= 11 is 0. The second-order valence-corrected chi connectivity index (χ2v) is 8.38. The number of ether oxygens (including phenoxy) is 1. The van der Waals surface area contributed by atoms with E-state index in [2.05, 4.69) is 10.7 Å². The molecule has 0 aliphatic carbocycles. The molecule has 1 aliphatic rings. The van der Waals surface area contributed by atoms with E-state index in [9.17, 15) is 14.4 Å². The monoisotopic (exact) mass is 477 g/mol. The fourth-order valence-corrected chi connectivity index (χ4v) is 3.99. The first-order valence-electron chi connectivity index (χ1n) is 11.4. The van der Waals surface area contributed by atoms with Gasteiger partial charge >= 0.3 is 0 Å². The Kier molecular flexibility index (Phi) is 6.19. The van der Waals surface area contributed by atoms with Gasteiger partial charge in [0.25, 0.3) is 17.7 Å². The van der Waals surface area contributed by atoms with Gasteiger partial charge in [0.1, 0.15) is 11.3 Å². The van der Waals surface area contributed by atoms with Crippen molar-refractivity contribution in [1.82, 2.24) is 5.43 Å². The Morgan fingerprint density at radius 1 is 0.917 bits per heavy atom. The number of aryl methyl sites for hydroxylation is 1. The smallest absolute Gasteiger partial charge is 0.282 e. The number of hydrogen-bond donors (Lipinski definition) is 2. The number of rotatable bonds is 6. The molecule has 1 aliphatic heterocycles. The van der Waals surface area contributed by atoms with Crippen molar-refractivity contribution in [2.24, 2.45) is 0 Å². The fraction of sp³-hybridized carbons (Fsp3) is 0.0690. The number of hydrogen-bond acceptors (Lipinski definition) is 4. The van der Waals surface area contributed by atoms with Crippen LogP contribution in [0, 0.1) is 6.92 Å². The van der Waals surface area contributed by atoms with E-state index in [4.69, 9.17) is 4.74 Å². The molecule has 1 fully saturated rings. The van der Waals surface area contributed by atoms with Gasteiger partial charge in [-0.1, -0.05) is 66.2 Å². The molecule has 1 heterocycles. The van der Waals surface area contributed by atoms with Gasteiger partial charge in [-0.25, -0.2) is 5.01 Å². The molecule has 0 saturated carbocycles. The van der Waals surface area contributed by atoms with Crippen LogP contribution in [0.25, 0.3) is 16.8 Å². The number of para-hydroxylation sites is 1. The van der Waals surface area contributed by atoms with Gasteiger partial charge in [0.05, 0.1) is 5.69 Å². The lowest BCUT2D eigenvalue weighted by molar-refractivity contribution is -0.118. The van der Waals surface area contributed by atoms with Gasteiger partial charge in [0.2, 0.25) is 0 Å². The van der Waals surface area contributed by atoms with Crippen LogP contribution in [0.5, 0.6) is 5.75 Å². The third-order valence-electron chi connectivity index (χ3n) is 5.82. The second-order valence-electron chi connectivity index (χ2n) is 8.38. The van der Waals surface area contributed by atoms with E-state index in [1.807, 2.05) is 67.6 Å². The van der Waals surface area contributed by atoms with Gasteiger partial charge < -0.3 is 10.1 Å².